The number of guanidine groups is 1. The number of methoxy groups -OCH3 is 1. The van der Waals surface area contributed by atoms with Gasteiger partial charge in [0.25, 0.3) is 0 Å². The standard InChI is InChI=1S/C15H20ClF3N4O/c1-24-13-3-2-11(6-12(13)16)22-14(20)21-7-10-4-5-23(8-10)9-15(17,18)19/h2-3,6,10H,4-5,7-9H2,1H3,(H3,20,21,22). The van der Waals surface area contributed by atoms with E-state index in [2.05, 4.69) is 10.3 Å². The number of nitrogens with one attached hydrogen (secondary N) is 1. The van der Waals surface area contributed by atoms with Gasteiger partial charge in [0.2, 0.25) is 0 Å². The van der Waals surface area contributed by atoms with Crippen molar-refractivity contribution >= 4 is 23.2 Å². The molecule has 0 bridgehead atoms. The third-order valence-electron chi connectivity index (χ3n) is 3.72. The number of anilines is 1. The van der Waals surface area contributed by atoms with Gasteiger partial charge in [0, 0.05) is 18.8 Å². The van der Waals surface area contributed by atoms with Crippen LogP contribution in [0.25, 0.3) is 0 Å². The molecule has 1 saturated heterocycles. The summed E-state index contributed by atoms with van der Waals surface area (Å²) in [6.45, 7) is 0.328. The maximum absolute atomic E-state index is 12.4. The third-order valence-corrected chi connectivity index (χ3v) is 4.01. The molecule has 5 nitrogen and oxygen atoms in total. The molecule has 9 heteroatoms. The molecule has 1 aliphatic heterocycles. The van der Waals surface area contributed by atoms with Gasteiger partial charge in [-0.05, 0) is 37.1 Å². The molecular formula is C15H20ClF3N4O. The first kappa shape index (κ1) is 18.7. The van der Waals surface area contributed by atoms with Crippen molar-refractivity contribution in [2.45, 2.75) is 12.6 Å². The van der Waals surface area contributed by atoms with E-state index >= 15 is 0 Å². The monoisotopic (exact) mass is 364 g/mol. The normalized spacial score (nSPS) is 19.5. The molecule has 0 saturated carbocycles. The molecule has 1 fully saturated rings. The highest BCUT2D eigenvalue weighted by atomic mass is 35.5. The zero-order valence-corrected chi connectivity index (χ0v) is 14.0. The van der Waals surface area contributed by atoms with Crippen molar-refractivity contribution in [3.05, 3.63) is 23.2 Å². The second-order valence-electron chi connectivity index (χ2n) is 5.71. The first-order chi connectivity index (χ1) is 11.3. The molecule has 1 unspecified atom stereocenters. The average molecular weight is 365 g/mol. The van der Waals surface area contributed by atoms with Gasteiger partial charge in [-0.1, -0.05) is 11.6 Å². The largest absolute Gasteiger partial charge is 0.495 e. The van der Waals surface area contributed by atoms with Crippen molar-refractivity contribution in [1.82, 2.24) is 4.90 Å². The molecule has 1 aromatic carbocycles. The summed E-state index contributed by atoms with van der Waals surface area (Å²) in [5.74, 6) is 0.825. The van der Waals surface area contributed by atoms with Crippen LogP contribution in [0.3, 0.4) is 0 Å². The van der Waals surface area contributed by atoms with Crippen LogP contribution in [0.4, 0.5) is 18.9 Å². The summed E-state index contributed by atoms with van der Waals surface area (Å²) < 4.78 is 42.1. The number of hydrogen-bond donors (Lipinski definition) is 2. The molecule has 1 heterocycles. The summed E-state index contributed by atoms with van der Waals surface area (Å²) in [5.41, 5.74) is 6.47. The lowest BCUT2D eigenvalue weighted by molar-refractivity contribution is -0.143. The molecule has 0 aliphatic carbocycles. The van der Waals surface area contributed by atoms with Gasteiger partial charge >= 0.3 is 6.18 Å². The summed E-state index contributed by atoms with van der Waals surface area (Å²) in [6.07, 6.45) is -3.48. The van der Waals surface area contributed by atoms with Crippen molar-refractivity contribution in [3.63, 3.8) is 0 Å². The third kappa shape index (κ3) is 5.76. The molecule has 1 aromatic rings. The molecule has 2 rings (SSSR count). The first-order valence-electron chi connectivity index (χ1n) is 7.46. The van der Waals surface area contributed by atoms with Gasteiger partial charge in [0.05, 0.1) is 18.7 Å². The number of aliphatic imine (C=N–C) groups is 1. The van der Waals surface area contributed by atoms with Crippen LogP contribution in [-0.4, -0.2) is 50.3 Å². The van der Waals surface area contributed by atoms with Gasteiger partial charge in [-0.3, -0.25) is 9.89 Å². The number of hydrogen-bond acceptors (Lipinski definition) is 3. The fraction of sp³-hybridized carbons (Fsp3) is 0.533. The smallest absolute Gasteiger partial charge is 0.401 e. The minimum atomic E-state index is -4.16. The number of halogens is 4. The van der Waals surface area contributed by atoms with Crippen molar-refractivity contribution in [3.8, 4) is 5.75 Å². The van der Waals surface area contributed by atoms with Crippen LogP contribution < -0.4 is 15.8 Å². The Bertz CT molecular complexity index is 595. The number of rotatable bonds is 5. The van der Waals surface area contributed by atoms with Crippen LogP contribution in [0.5, 0.6) is 5.75 Å². The molecular weight excluding hydrogens is 345 g/mol. The Balaban J connectivity index is 1.83. The molecule has 134 valence electrons. The molecule has 0 spiro atoms. The first-order valence-corrected chi connectivity index (χ1v) is 7.84. The Morgan fingerprint density at radius 2 is 2.25 bits per heavy atom. The molecule has 0 amide bonds. The van der Waals surface area contributed by atoms with Crippen molar-refractivity contribution < 1.29 is 17.9 Å². The fourth-order valence-electron chi connectivity index (χ4n) is 2.62. The lowest BCUT2D eigenvalue weighted by Gasteiger charge is -2.17. The second-order valence-corrected chi connectivity index (χ2v) is 6.11. The fourth-order valence-corrected chi connectivity index (χ4v) is 2.88. The van der Waals surface area contributed by atoms with Crippen LogP contribution in [0.2, 0.25) is 5.02 Å². The maximum atomic E-state index is 12.4. The summed E-state index contributed by atoms with van der Waals surface area (Å²) in [4.78, 5) is 5.60. The Labute approximate surface area is 143 Å². The van der Waals surface area contributed by atoms with Crippen molar-refractivity contribution in [2.24, 2.45) is 16.6 Å². The van der Waals surface area contributed by atoms with E-state index in [1.807, 2.05) is 0 Å². The summed E-state index contributed by atoms with van der Waals surface area (Å²) in [5, 5.41) is 3.34. The topological polar surface area (TPSA) is 62.9 Å². The average Bonchev–Trinajstić information content (AvgIpc) is 2.91. The molecule has 1 atom stereocenters. The highest BCUT2D eigenvalue weighted by molar-refractivity contribution is 6.32. The maximum Gasteiger partial charge on any atom is 0.401 e. The van der Waals surface area contributed by atoms with Gasteiger partial charge < -0.3 is 15.8 Å². The second kappa shape index (κ2) is 7.94. The Kier molecular flexibility index (Phi) is 6.17. The summed E-state index contributed by atoms with van der Waals surface area (Å²) in [6, 6.07) is 5.10. The summed E-state index contributed by atoms with van der Waals surface area (Å²) in [7, 11) is 1.52. The van der Waals surface area contributed by atoms with Crippen LogP contribution in [0, 0.1) is 5.92 Å². The van der Waals surface area contributed by atoms with Gasteiger partial charge in [-0.2, -0.15) is 13.2 Å². The van der Waals surface area contributed by atoms with Crippen LogP contribution >= 0.6 is 11.6 Å². The quantitative estimate of drug-likeness (QED) is 0.623. The van der Waals surface area contributed by atoms with Gasteiger partial charge in [0.1, 0.15) is 5.75 Å². The van der Waals surface area contributed by atoms with Crippen LogP contribution in [0.15, 0.2) is 23.2 Å². The predicted molar refractivity (Wildman–Crippen MR) is 88.7 cm³/mol. The predicted octanol–water partition coefficient (Wildman–Crippen LogP) is 2.96. The Morgan fingerprint density at radius 1 is 1.50 bits per heavy atom. The molecule has 3 N–H and O–H groups in total. The molecule has 0 radical (unpaired) electrons. The summed E-state index contributed by atoms with van der Waals surface area (Å²) >= 11 is 6.02. The molecule has 24 heavy (non-hydrogen) atoms. The Morgan fingerprint density at radius 3 is 2.88 bits per heavy atom. The van der Waals surface area contributed by atoms with E-state index in [1.54, 1.807) is 18.2 Å². The zero-order chi connectivity index (χ0) is 17.7. The molecule has 0 aromatic heterocycles. The van der Waals surface area contributed by atoms with E-state index in [0.29, 0.717) is 42.5 Å². The zero-order valence-electron chi connectivity index (χ0n) is 13.2. The number of alkyl halides is 3. The van der Waals surface area contributed by atoms with E-state index in [1.165, 1.54) is 12.0 Å². The van der Waals surface area contributed by atoms with Gasteiger partial charge in [-0.25, -0.2) is 0 Å². The van der Waals surface area contributed by atoms with E-state index in [9.17, 15) is 13.2 Å². The van der Waals surface area contributed by atoms with E-state index in [0.717, 1.165) is 0 Å². The molecule has 1 aliphatic rings. The van der Waals surface area contributed by atoms with E-state index in [-0.39, 0.29) is 11.9 Å². The highest BCUT2D eigenvalue weighted by Gasteiger charge is 2.34. The van der Waals surface area contributed by atoms with E-state index < -0.39 is 12.7 Å². The lowest BCUT2D eigenvalue weighted by atomic mass is 10.1. The minimum absolute atomic E-state index is 0.0761. The van der Waals surface area contributed by atoms with Gasteiger partial charge in [0.15, 0.2) is 5.96 Å². The number of nitrogens with zero attached hydrogens (tertiary/aromatic N) is 2. The van der Waals surface area contributed by atoms with Gasteiger partial charge in [-0.15, -0.1) is 0 Å². The van der Waals surface area contributed by atoms with Crippen LogP contribution in [0.1, 0.15) is 6.42 Å². The van der Waals surface area contributed by atoms with E-state index in [4.69, 9.17) is 22.1 Å². The van der Waals surface area contributed by atoms with Crippen LogP contribution in [-0.2, 0) is 0 Å². The van der Waals surface area contributed by atoms with Crippen molar-refractivity contribution in [1.29, 1.82) is 0 Å². The number of ether oxygens (including phenoxy) is 1. The Hall–Kier alpha value is -1.67. The van der Waals surface area contributed by atoms with Crippen molar-refractivity contribution in [2.75, 3.05) is 38.6 Å². The highest BCUT2D eigenvalue weighted by Crippen LogP contribution is 2.27. The number of nitrogens with two attached hydrogens (primary N) is 1. The minimum Gasteiger partial charge on any atom is -0.495 e. The number of benzene rings is 1. The number of likely N-dealkylation sites (tertiary alicyclic amines) is 1. The SMILES string of the molecule is COc1ccc(NC(N)=NCC2CCN(CC(F)(F)F)C2)cc1Cl. The lowest BCUT2D eigenvalue weighted by Crippen LogP contribution is -2.32.